The summed E-state index contributed by atoms with van der Waals surface area (Å²) in [7, 11) is 0. The molecule has 5 heteroatoms. The van der Waals surface area contributed by atoms with Crippen molar-refractivity contribution in [3.63, 3.8) is 0 Å². The molecule has 3 nitrogen and oxygen atoms in total. The zero-order valence-electron chi connectivity index (χ0n) is 9.01. The van der Waals surface area contributed by atoms with E-state index < -0.39 is 0 Å². The van der Waals surface area contributed by atoms with Crippen molar-refractivity contribution in [1.29, 1.82) is 0 Å². The Labute approximate surface area is 103 Å². The lowest BCUT2D eigenvalue weighted by Crippen LogP contribution is -2.28. The van der Waals surface area contributed by atoms with Crippen LogP contribution in [0, 0.1) is 0 Å². The normalized spacial score (nSPS) is 12.9. The fourth-order valence-corrected chi connectivity index (χ4v) is 2.78. The van der Waals surface area contributed by atoms with E-state index in [4.69, 9.17) is 5.11 Å². The Morgan fingerprint density at radius 2 is 2.38 bits per heavy atom. The van der Waals surface area contributed by atoms with Crippen molar-refractivity contribution in [2.24, 2.45) is 0 Å². The molecule has 0 saturated heterocycles. The lowest BCUT2D eigenvalue weighted by molar-refractivity contribution is 0.250. The predicted octanol–water partition coefficient (Wildman–Crippen LogP) is 2.34. The lowest BCUT2D eigenvalue weighted by Gasteiger charge is -2.08. The van der Waals surface area contributed by atoms with Gasteiger partial charge in [-0.3, -0.25) is 0 Å². The number of hydrogen-bond donors (Lipinski definition) is 2. The van der Waals surface area contributed by atoms with Gasteiger partial charge in [0.05, 0.1) is 12.3 Å². The summed E-state index contributed by atoms with van der Waals surface area (Å²) in [6.45, 7) is 2.82. The second kappa shape index (κ2) is 5.54. The largest absolute Gasteiger partial charge is 0.395 e. The second-order valence-electron chi connectivity index (χ2n) is 3.62. The molecule has 2 heterocycles. The molecule has 2 aromatic rings. The fraction of sp³-hybridized carbons (Fsp3) is 0.364. The van der Waals surface area contributed by atoms with Gasteiger partial charge in [-0.15, -0.1) is 11.3 Å². The first-order chi connectivity index (χ1) is 7.79. The standard InChI is InChI=1S/C11H14N2OS2/c1-8(5-14)12-4-10-7-16-11(13-10)9-2-3-15-6-9/h2-3,6-8,12,14H,4-5H2,1H3/t8-/m0/s1. The van der Waals surface area contributed by atoms with Crippen LogP contribution in [0.3, 0.4) is 0 Å². The van der Waals surface area contributed by atoms with Gasteiger partial charge in [0.15, 0.2) is 0 Å². The van der Waals surface area contributed by atoms with Gasteiger partial charge in [0.2, 0.25) is 0 Å². The molecule has 0 aliphatic carbocycles. The highest BCUT2D eigenvalue weighted by Crippen LogP contribution is 2.25. The maximum absolute atomic E-state index is 8.89. The number of thiazole rings is 1. The molecule has 0 unspecified atom stereocenters. The van der Waals surface area contributed by atoms with Crippen molar-refractivity contribution in [3.8, 4) is 10.6 Å². The molecule has 0 aliphatic rings. The summed E-state index contributed by atoms with van der Waals surface area (Å²) in [5, 5.41) is 19.4. The van der Waals surface area contributed by atoms with Crippen LogP contribution in [0.4, 0.5) is 0 Å². The summed E-state index contributed by atoms with van der Waals surface area (Å²) in [5.41, 5.74) is 2.22. The van der Waals surface area contributed by atoms with Crippen molar-refractivity contribution in [1.82, 2.24) is 10.3 Å². The van der Waals surface area contributed by atoms with Gasteiger partial charge in [-0.2, -0.15) is 11.3 Å². The van der Waals surface area contributed by atoms with Gasteiger partial charge in [-0.25, -0.2) is 4.98 Å². The number of nitrogens with one attached hydrogen (secondary N) is 1. The Kier molecular flexibility index (Phi) is 4.06. The zero-order valence-corrected chi connectivity index (χ0v) is 10.6. The topological polar surface area (TPSA) is 45.1 Å². The van der Waals surface area contributed by atoms with Crippen molar-refractivity contribution >= 4 is 22.7 Å². The lowest BCUT2D eigenvalue weighted by atomic mass is 10.3. The van der Waals surface area contributed by atoms with E-state index in [0.29, 0.717) is 6.54 Å². The highest BCUT2D eigenvalue weighted by Gasteiger charge is 2.06. The number of aromatic nitrogens is 1. The first kappa shape index (κ1) is 11.7. The number of rotatable bonds is 5. The number of aliphatic hydroxyl groups excluding tert-OH is 1. The van der Waals surface area contributed by atoms with Crippen LogP contribution in [0.15, 0.2) is 22.2 Å². The third-order valence-electron chi connectivity index (χ3n) is 2.23. The minimum Gasteiger partial charge on any atom is -0.395 e. The van der Waals surface area contributed by atoms with Crippen molar-refractivity contribution < 1.29 is 5.11 Å². The average Bonchev–Trinajstić information content (AvgIpc) is 2.95. The van der Waals surface area contributed by atoms with Gasteiger partial charge >= 0.3 is 0 Å². The minimum atomic E-state index is 0.117. The summed E-state index contributed by atoms with van der Waals surface area (Å²) in [6, 6.07) is 2.20. The number of aliphatic hydroxyl groups is 1. The van der Waals surface area contributed by atoms with Crippen molar-refractivity contribution in [2.75, 3.05) is 6.61 Å². The minimum absolute atomic E-state index is 0.117. The van der Waals surface area contributed by atoms with Gasteiger partial charge < -0.3 is 10.4 Å². The van der Waals surface area contributed by atoms with E-state index in [2.05, 4.69) is 32.5 Å². The number of nitrogens with zero attached hydrogens (tertiary/aromatic N) is 1. The van der Waals surface area contributed by atoms with Gasteiger partial charge in [-0.1, -0.05) is 0 Å². The second-order valence-corrected chi connectivity index (χ2v) is 5.26. The van der Waals surface area contributed by atoms with Crippen molar-refractivity contribution in [2.45, 2.75) is 19.5 Å². The van der Waals surface area contributed by atoms with E-state index in [-0.39, 0.29) is 12.6 Å². The Morgan fingerprint density at radius 3 is 3.06 bits per heavy atom. The van der Waals surface area contributed by atoms with E-state index >= 15 is 0 Å². The smallest absolute Gasteiger partial charge is 0.124 e. The molecule has 0 spiro atoms. The molecule has 0 amide bonds. The van der Waals surface area contributed by atoms with E-state index in [0.717, 1.165) is 10.7 Å². The summed E-state index contributed by atoms with van der Waals surface area (Å²) in [4.78, 5) is 4.54. The van der Waals surface area contributed by atoms with Crippen LogP contribution in [0.5, 0.6) is 0 Å². The Morgan fingerprint density at radius 1 is 1.50 bits per heavy atom. The van der Waals surface area contributed by atoms with Crippen LogP contribution in [0.1, 0.15) is 12.6 Å². The molecular formula is C11H14N2OS2. The monoisotopic (exact) mass is 254 g/mol. The van der Waals surface area contributed by atoms with Crippen LogP contribution in [0.25, 0.3) is 10.6 Å². The average molecular weight is 254 g/mol. The highest BCUT2D eigenvalue weighted by atomic mass is 32.1. The van der Waals surface area contributed by atoms with Crippen LogP contribution >= 0.6 is 22.7 Å². The third kappa shape index (κ3) is 2.89. The highest BCUT2D eigenvalue weighted by molar-refractivity contribution is 7.14. The van der Waals surface area contributed by atoms with E-state index in [1.165, 1.54) is 5.56 Å². The molecule has 16 heavy (non-hydrogen) atoms. The van der Waals surface area contributed by atoms with E-state index in [9.17, 15) is 0 Å². The van der Waals surface area contributed by atoms with Crippen LogP contribution < -0.4 is 5.32 Å². The Balaban J connectivity index is 1.98. The molecular weight excluding hydrogens is 240 g/mol. The van der Waals surface area contributed by atoms with Crippen LogP contribution in [-0.4, -0.2) is 22.7 Å². The molecule has 0 aliphatic heterocycles. The van der Waals surface area contributed by atoms with Gasteiger partial charge in [-0.05, 0) is 18.4 Å². The molecule has 2 aromatic heterocycles. The first-order valence-corrected chi connectivity index (χ1v) is 6.93. The summed E-state index contributed by atoms with van der Waals surface area (Å²) >= 11 is 3.34. The predicted molar refractivity (Wildman–Crippen MR) is 68.8 cm³/mol. The van der Waals surface area contributed by atoms with Gasteiger partial charge in [0, 0.05) is 28.9 Å². The van der Waals surface area contributed by atoms with Crippen LogP contribution in [0.2, 0.25) is 0 Å². The molecule has 0 saturated carbocycles. The first-order valence-electron chi connectivity index (χ1n) is 5.11. The maximum atomic E-state index is 8.89. The Hall–Kier alpha value is -0.750. The molecule has 2 N–H and O–H groups in total. The Bertz CT molecular complexity index is 425. The molecule has 2 rings (SSSR count). The summed E-state index contributed by atoms with van der Waals surface area (Å²) in [6.07, 6.45) is 0. The van der Waals surface area contributed by atoms with Gasteiger partial charge in [0.1, 0.15) is 5.01 Å². The molecule has 0 bridgehead atoms. The van der Waals surface area contributed by atoms with Crippen molar-refractivity contribution in [3.05, 3.63) is 27.9 Å². The number of hydrogen-bond acceptors (Lipinski definition) is 5. The number of thiophene rings is 1. The van der Waals surface area contributed by atoms with E-state index in [1.54, 1.807) is 22.7 Å². The molecule has 0 fully saturated rings. The van der Waals surface area contributed by atoms with E-state index in [1.807, 2.05) is 6.92 Å². The molecule has 0 aromatic carbocycles. The molecule has 0 radical (unpaired) electrons. The summed E-state index contributed by atoms with van der Waals surface area (Å²) < 4.78 is 0. The molecule has 1 atom stereocenters. The third-order valence-corrected chi connectivity index (χ3v) is 3.85. The summed E-state index contributed by atoms with van der Waals surface area (Å²) in [5.74, 6) is 0. The van der Waals surface area contributed by atoms with Gasteiger partial charge in [0.25, 0.3) is 0 Å². The maximum Gasteiger partial charge on any atom is 0.124 e. The quantitative estimate of drug-likeness (QED) is 0.861. The zero-order chi connectivity index (χ0) is 11.4. The van der Waals surface area contributed by atoms with Crippen LogP contribution in [-0.2, 0) is 6.54 Å². The molecule has 86 valence electrons. The SMILES string of the molecule is C[C@@H](CO)NCc1csc(-c2ccsc2)n1. The fourth-order valence-electron chi connectivity index (χ4n) is 1.25.